The summed E-state index contributed by atoms with van der Waals surface area (Å²) in [4.78, 5) is 11.9. The van der Waals surface area contributed by atoms with Crippen molar-refractivity contribution < 1.29 is 22.7 Å². The molecule has 0 saturated heterocycles. The van der Waals surface area contributed by atoms with Crippen LogP contribution >= 0.6 is 11.6 Å². The highest BCUT2D eigenvalue weighted by atomic mass is 35.5. The van der Waals surface area contributed by atoms with Gasteiger partial charge in [-0.15, -0.1) is 0 Å². The third kappa shape index (κ3) is 4.28. The van der Waals surface area contributed by atoms with Crippen molar-refractivity contribution in [2.24, 2.45) is 0 Å². The Hall–Kier alpha value is -2.25. The minimum absolute atomic E-state index is 0.119. The van der Waals surface area contributed by atoms with Crippen molar-refractivity contribution in [3.63, 3.8) is 0 Å². The molecule has 140 valence electrons. The highest BCUT2D eigenvalue weighted by molar-refractivity contribution is 7.92. The number of carbonyl (C=O) groups excluding carboxylic acids is 1. The summed E-state index contributed by atoms with van der Waals surface area (Å²) in [6.45, 7) is 4.26. The lowest BCUT2D eigenvalue weighted by Crippen LogP contribution is -2.26. The molecule has 6 nitrogen and oxygen atoms in total. The molecule has 0 bridgehead atoms. The van der Waals surface area contributed by atoms with Crippen molar-refractivity contribution in [2.75, 3.05) is 24.6 Å². The Morgan fingerprint density at radius 3 is 2.27 bits per heavy atom. The molecule has 0 saturated carbocycles. The summed E-state index contributed by atoms with van der Waals surface area (Å²) in [7, 11) is -2.36. The Bertz CT molecular complexity index is 881. The van der Waals surface area contributed by atoms with E-state index in [9.17, 15) is 13.2 Å². The average Bonchev–Trinajstić information content (AvgIpc) is 2.61. The standard InChI is InChI=1S/C18H20ClNO5S/c1-4-24-14-7-9-15(10-8-14)26(22,23)20(3)13-6-11-16(17(19)12-13)18(21)25-5-2/h6-12H,4-5H2,1-3H3. The number of ether oxygens (including phenoxy) is 2. The molecule has 0 spiro atoms. The zero-order valence-electron chi connectivity index (χ0n) is 14.7. The Morgan fingerprint density at radius 1 is 1.08 bits per heavy atom. The van der Waals surface area contributed by atoms with Crippen LogP contribution in [-0.4, -0.2) is 34.6 Å². The molecule has 0 amide bonds. The minimum Gasteiger partial charge on any atom is -0.494 e. The molecule has 2 aromatic carbocycles. The molecule has 26 heavy (non-hydrogen) atoms. The molecule has 0 aliphatic heterocycles. The molecule has 8 heteroatoms. The predicted molar refractivity (Wildman–Crippen MR) is 101 cm³/mol. The van der Waals surface area contributed by atoms with Crippen molar-refractivity contribution in [1.29, 1.82) is 0 Å². The lowest BCUT2D eigenvalue weighted by atomic mass is 10.2. The minimum atomic E-state index is -3.78. The zero-order chi connectivity index (χ0) is 19.3. The van der Waals surface area contributed by atoms with Crippen LogP contribution in [0.5, 0.6) is 5.75 Å². The first kappa shape index (κ1) is 20.1. The first-order chi connectivity index (χ1) is 12.3. The van der Waals surface area contributed by atoms with Gasteiger partial charge in [0.15, 0.2) is 0 Å². The first-order valence-corrected chi connectivity index (χ1v) is 9.81. The van der Waals surface area contributed by atoms with Crippen LogP contribution in [-0.2, 0) is 14.8 Å². The van der Waals surface area contributed by atoms with Gasteiger partial charge in [-0.1, -0.05) is 11.6 Å². The van der Waals surface area contributed by atoms with Crippen LogP contribution in [0.3, 0.4) is 0 Å². The van der Waals surface area contributed by atoms with Crippen molar-refractivity contribution in [3.8, 4) is 5.75 Å². The fourth-order valence-corrected chi connectivity index (χ4v) is 3.68. The van der Waals surface area contributed by atoms with Crippen molar-refractivity contribution in [1.82, 2.24) is 0 Å². The van der Waals surface area contributed by atoms with Crippen LogP contribution in [0.15, 0.2) is 47.4 Å². The SMILES string of the molecule is CCOC(=O)c1ccc(N(C)S(=O)(=O)c2ccc(OCC)cc2)cc1Cl. The largest absolute Gasteiger partial charge is 0.494 e. The van der Waals surface area contributed by atoms with Crippen LogP contribution in [0.2, 0.25) is 5.02 Å². The van der Waals surface area contributed by atoms with E-state index in [1.54, 1.807) is 19.1 Å². The van der Waals surface area contributed by atoms with Gasteiger partial charge in [0.25, 0.3) is 10.0 Å². The fraction of sp³-hybridized carbons (Fsp3) is 0.278. The van der Waals surface area contributed by atoms with E-state index in [1.165, 1.54) is 37.4 Å². The molecular weight excluding hydrogens is 378 g/mol. The number of halogens is 1. The van der Waals surface area contributed by atoms with E-state index >= 15 is 0 Å². The van der Waals surface area contributed by atoms with E-state index in [0.717, 1.165) is 4.31 Å². The molecule has 0 aliphatic rings. The smallest absolute Gasteiger partial charge is 0.339 e. The summed E-state index contributed by atoms with van der Waals surface area (Å²) in [6.07, 6.45) is 0. The molecule has 0 N–H and O–H groups in total. The molecule has 0 fully saturated rings. The summed E-state index contributed by atoms with van der Waals surface area (Å²) < 4.78 is 36.9. The van der Waals surface area contributed by atoms with Crippen LogP contribution in [0.1, 0.15) is 24.2 Å². The van der Waals surface area contributed by atoms with Gasteiger partial charge in [-0.2, -0.15) is 0 Å². The van der Waals surface area contributed by atoms with Gasteiger partial charge < -0.3 is 9.47 Å². The summed E-state index contributed by atoms with van der Waals surface area (Å²) in [5, 5.41) is 0.120. The Labute approximate surface area is 158 Å². The lowest BCUT2D eigenvalue weighted by molar-refractivity contribution is 0.0526. The third-order valence-electron chi connectivity index (χ3n) is 3.60. The van der Waals surface area contributed by atoms with Gasteiger partial charge >= 0.3 is 5.97 Å². The Balaban J connectivity index is 2.30. The van der Waals surface area contributed by atoms with E-state index < -0.39 is 16.0 Å². The summed E-state index contributed by atoms with van der Waals surface area (Å²) in [5.41, 5.74) is 0.515. The van der Waals surface area contributed by atoms with Gasteiger partial charge in [0.05, 0.1) is 34.4 Å². The van der Waals surface area contributed by atoms with E-state index in [4.69, 9.17) is 21.1 Å². The highest BCUT2D eigenvalue weighted by Crippen LogP contribution is 2.28. The first-order valence-electron chi connectivity index (χ1n) is 7.99. The number of anilines is 1. The quantitative estimate of drug-likeness (QED) is 0.665. The zero-order valence-corrected chi connectivity index (χ0v) is 16.3. The number of sulfonamides is 1. The second-order valence-corrected chi connectivity index (χ2v) is 7.64. The number of carbonyl (C=O) groups is 1. The molecule has 0 aromatic heterocycles. The molecule has 0 aliphatic carbocycles. The molecular formula is C18H20ClNO5S. The normalized spacial score (nSPS) is 11.1. The number of benzene rings is 2. The van der Waals surface area contributed by atoms with Crippen molar-refractivity contribution in [3.05, 3.63) is 53.1 Å². The summed E-state index contributed by atoms with van der Waals surface area (Å²) in [5.74, 6) is 0.0389. The predicted octanol–water partition coefficient (Wildman–Crippen LogP) is 3.74. The number of rotatable bonds is 7. The molecule has 2 rings (SSSR count). The highest BCUT2D eigenvalue weighted by Gasteiger charge is 2.23. The molecule has 0 radical (unpaired) electrons. The van der Waals surface area contributed by atoms with E-state index in [2.05, 4.69) is 0 Å². The maximum absolute atomic E-state index is 12.8. The molecule has 0 heterocycles. The maximum Gasteiger partial charge on any atom is 0.339 e. The third-order valence-corrected chi connectivity index (χ3v) is 5.72. The molecule has 2 aromatic rings. The Morgan fingerprint density at radius 2 is 1.73 bits per heavy atom. The molecule has 0 atom stereocenters. The van der Waals surface area contributed by atoms with Gasteiger partial charge in [-0.25, -0.2) is 13.2 Å². The number of nitrogens with zero attached hydrogens (tertiary/aromatic N) is 1. The van der Waals surface area contributed by atoms with Crippen molar-refractivity contribution >= 4 is 33.3 Å². The van der Waals surface area contributed by atoms with Crippen LogP contribution < -0.4 is 9.04 Å². The van der Waals surface area contributed by atoms with Crippen LogP contribution in [0.25, 0.3) is 0 Å². The summed E-state index contributed by atoms with van der Waals surface area (Å²) in [6, 6.07) is 10.5. The summed E-state index contributed by atoms with van der Waals surface area (Å²) >= 11 is 6.12. The van der Waals surface area contributed by atoms with Gasteiger partial charge in [0.2, 0.25) is 0 Å². The second-order valence-electron chi connectivity index (χ2n) is 5.26. The Kier molecular flexibility index (Phi) is 6.50. The van der Waals surface area contributed by atoms with Gasteiger partial charge in [-0.3, -0.25) is 4.31 Å². The van der Waals surface area contributed by atoms with E-state index in [1.807, 2.05) is 6.92 Å². The maximum atomic E-state index is 12.8. The van der Waals surface area contributed by atoms with Crippen molar-refractivity contribution in [2.45, 2.75) is 18.7 Å². The van der Waals surface area contributed by atoms with Gasteiger partial charge in [0, 0.05) is 7.05 Å². The van der Waals surface area contributed by atoms with E-state index in [-0.39, 0.29) is 22.1 Å². The van der Waals surface area contributed by atoms with Crippen LogP contribution in [0.4, 0.5) is 5.69 Å². The topological polar surface area (TPSA) is 72.9 Å². The fourth-order valence-electron chi connectivity index (χ4n) is 2.25. The molecule has 0 unspecified atom stereocenters. The number of hydrogen-bond donors (Lipinski definition) is 0. The monoisotopic (exact) mass is 397 g/mol. The van der Waals surface area contributed by atoms with E-state index in [0.29, 0.717) is 18.0 Å². The lowest BCUT2D eigenvalue weighted by Gasteiger charge is -2.20. The van der Waals surface area contributed by atoms with Gasteiger partial charge in [0.1, 0.15) is 5.75 Å². The number of esters is 1. The van der Waals surface area contributed by atoms with Gasteiger partial charge in [-0.05, 0) is 56.3 Å². The number of hydrogen-bond acceptors (Lipinski definition) is 5. The van der Waals surface area contributed by atoms with Crippen LogP contribution in [0, 0.1) is 0 Å². The second kappa shape index (κ2) is 8.42. The average molecular weight is 398 g/mol.